The van der Waals surface area contributed by atoms with Crippen molar-refractivity contribution >= 4 is 11.3 Å². The van der Waals surface area contributed by atoms with Crippen LogP contribution < -0.4 is 5.32 Å². The van der Waals surface area contributed by atoms with E-state index >= 15 is 0 Å². The molecular weight excluding hydrogens is 242 g/mol. The van der Waals surface area contributed by atoms with Gasteiger partial charge in [-0.1, -0.05) is 0 Å². The number of unbranched alkanes of at least 4 members (excludes halogenated alkanes) is 1. The first kappa shape index (κ1) is 15.6. The fourth-order valence-electron chi connectivity index (χ4n) is 1.75. The van der Waals surface area contributed by atoms with Crippen molar-refractivity contribution in [3.8, 4) is 0 Å². The summed E-state index contributed by atoms with van der Waals surface area (Å²) in [4.78, 5) is 6.90. The van der Waals surface area contributed by atoms with Gasteiger partial charge in [-0.25, -0.2) is 4.98 Å². The highest BCUT2D eigenvalue weighted by molar-refractivity contribution is 7.09. The van der Waals surface area contributed by atoms with E-state index in [1.165, 1.54) is 25.1 Å². The average molecular weight is 269 g/mol. The number of thiazole rings is 1. The van der Waals surface area contributed by atoms with Crippen molar-refractivity contribution in [1.82, 2.24) is 15.2 Å². The predicted molar refractivity (Wildman–Crippen MR) is 80.3 cm³/mol. The highest BCUT2D eigenvalue weighted by atomic mass is 32.1. The largest absolute Gasteiger partial charge is 0.309 e. The molecule has 1 unspecified atom stereocenters. The molecule has 0 bridgehead atoms. The summed E-state index contributed by atoms with van der Waals surface area (Å²) in [6, 6.07) is 1.02. The number of aryl methyl sites for hydroxylation is 1. The standard InChI is InChI=1S/C14H27N3S/c1-11(2)17(5)9-7-6-8-15-12(3)14-10-18-13(4)16-14/h10-12,15H,6-9H2,1-5H3. The summed E-state index contributed by atoms with van der Waals surface area (Å²) in [5.41, 5.74) is 1.18. The zero-order chi connectivity index (χ0) is 13.5. The summed E-state index contributed by atoms with van der Waals surface area (Å²) >= 11 is 1.73. The van der Waals surface area contributed by atoms with Gasteiger partial charge in [0.15, 0.2) is 0 Å². The molecule has 0 saturated heterocycles. The highest BCUT2D eigenvalue weighted by Crippen LogP contribution is 2.15. The van der Waals surface area contributed by atoms with Gasteiger partial charge in [-0.15, -0.1) is 11.3 Å². The van der Waals surface area contributed by atoms with Gasteiger partial charge in [0, 0.05) is 17.5 Å². The molecule has 0 spiro atoms. The SMILES string of the molecule is Cc1nc(C(C)NCCCCN(C)C(C)C)cs1. The molecule has 104 valence electrons. The van der Waals surface area contributed by atoms with E-state index in [-0.39, 0.29) is 0 Å². The van der Waals surface area contributed by atoms with Crippen LogP contribution in [0, 0.1) is 6.92 Å². The third-order valence-electron chi connectivity index (χ3n) is 3.35. The van der Waals surface area contributed by atoms with E-state index in [4.69, 9.17) is 0 Å². The number of nitrogens with one attached hydrogen (secondary N) is 1. The molecule has 1 heterocycles. The second-order valence-corrected chi connectivity index (χ2v) is 6.31. The lowest BCUT2D eigenvalue weighted by Crippen LogP contribution is -2.28. The van der Waals surface area contributed by atoms with Gasteiger partial charge < -0.3 is 10.2 Å². The smallest absolute Gasteiger partial charge is 0.0898 e. The van der Waals surface area contributed by atoms with Crippen LogP contribution in [0.15, 0.2) is 5.38 Å². The van der Waals surface area contributed by atoms with Gasteiger partial charge in [-0.3, -0.25) is 0 Å². The van der Waals surface area contributed by atoms with Crippen molar-refractivity contribution in [2.24, 2.45) is 0 Å². The van der Waals surface area contributed by atoms with Gasteiger partial charge in [0.05, 0.1) is 10.7 Å². The number of nitrogens with zero attached hydrogens (tertiary/aromatic N) is 2. The van der Waals surface area contributed by atoms with Crippen molar-refractivity contribution in [2.75, 3.05) is 20.1 Å². The normalized spacial score (nSPS) is 13.5. The molecule has 0 aromatic carbocycles. The minimum absolute atomic E-state index is 0.373. The summed E-state index contributed by atoms with van der Waals surface area (Å²) in [6.45, 7) is 11.0. The zero-order valence-electron chi connectivity index (χ0n) is 12.4. The number of hydrogen-bond acceptors (Lipinski definition) is 4. The molecule has 0 radical (unpaired) electrons. The van der Waals surface area contributed by atoms with Crippen LogP contribution in [0.2, 0.25) is 0 Å². The van der Waals surface area contributed by atoms with Crippen LogP contribution in [0.25, 0.3) is 0 Å². The summed E-state index contributed by atoms with van der Waals surface area (Å²) in [5, 5.41) is 6.84. The monoisotopic (exact) mass is 269 g/mol. The van der Waals surface area contributed by atoms with E-state index in [1.807, 2.05) is 0 Å². The molecule has 0 aliphatic carbocycles. The second kappa shape index (κ2) is 7.87. The Balaban J connectivity index is 2.11. The maximum atomic E-state index is 4.51. The van der Waals surface area contributed by atoms with Crippen LogP contribution >= 0.6 is 11.3 Å². The van der Waals surface area contributed by atoms with Crippen molar-refractivity contribution in [2.45, 2.75) is 52.6 Å². The number of aromatic nitrogens is 1. The molecule has 0 fully saturated rings. The van der Waals surface area contributed by atoms with E-state index in [2.05, 4.69) is 55.3 Å². The Kier molecular flexibility index (Phi) is 6.82. The van der Waals surface area contributed by atoms with E-state index in [0.717, 1.165) is 11.6 Å². The summed E-state index contributed by atoms with van der Waals surface area (Å²) in [6.07, 6.45) is 2.48. The molecule has 3 nitrogen and oxygen atoms in total. The topological polar surface area (TPSA) is 28.2 Å². The Labute approximate surface area is 116 Å². The van der Waals surface area contributed by atoms with Crippen molar-refractivity contribution < 1.29 is 0 Å². The Morgan fingerprint density at radius 1 is 1.33 bits per heavy atom. The molecule has 1 aromatic rings. The van der Waals surface area contributed by atoms with Gasteiger partial charge in [0.1, 0.15) is 0 Å². The maximum absolute atomic E-state index is 4.51. The van der Waals surface area contributed by atoms with E-state index in [1.54, 1.807) is 11.3 Å². The molecule has 18 heavy (non-hydrogen) atoms. The van der Waals surface area contributed by atoms with Gasteiger partial charge in [0.2, 0.25) is 0 Å². The van der Waals surface area contributed by atoms with E-state index < -0.39 is 0 Å². The van der Waals surface area contributed by atoms with E-state index in [0.29, 0.717) is 12.1 Å². The first-order valence-corrected chi connectivity index (χ1v) is 7.74. The Hall–Kier alpha value is -0.450. The highest BCUT2D eigenvalue weighted by Gasteiger charge is 2.07. The Morgan fingerprint density at radius 3 is 2.61 bits per heavy atom. The lowest BCUT2D eigenvalue weighted by Gasteiger charge is -2.20. The zero-order valence-corrected chi connectivity index (χ0v) is 13.2. The van der Waals surface area contributed by atoms with E-state index in [9.17, 15) is 0 Å². The third kappa shape index (κ3) is 5.46. The molecule has 0 saturated carbocycles. The summed E-state index contributed by atoms with van der Waals surface area (Å²) in [7, 11) is 2.19. The number of hydrogen-bond donors (Lipinski definition) is 1. The lowest BCUT2D eigenvalue weighted by molar-refractivity contribution is 0.267. The molecular formula is C14H27N3S. The molecule has 0 amide bonds. The molecule has 1 N–H and O–H groups in total. The molecule has 1 atom stereocenters. The molecule has 0 aliphatic rings. The van der Waals surface area contributed by atoms with Gasteiger partial charge >= 0.3 is 0 Å². The molecule has 1 rings (SSSR count). The van der Waals surface area contributed by atoms with Crippen LogP contribution in [-0.2, 0) is 0 Å². The van der Waals surface area contributed by atoms with Crippen LogP contribution in [0.1, 0.15) is 50.4 Å². The van der Waals surface area contributed by atoms with Crippen LogP contribution in [0.4, 0.5) is 0 Å². The predicted octanol–water partition coefficient (Wildman–Crippen LogP) is 3.22. The molecule has 4 heteroatoms. The van der Waals surface area contributed by atoms with Crippen LogP contribution in [0.5, 0.6) is 0 Å². The van der Waals surface area contributed by atoms with Crippen LogP contribution in [-0.4, -0.2) is 36.1 Å². The fraction of sp³-hybridized carbons (Fsp3) is 0.786. The van der Waals surface area contributed by atoms with Gasteiger partial charge in [-0.05, 0) is 60.7 Å². The third-order valence-corrected chi connectivity index (χ3v) is 4.14. The molecule has 0 aliphatic heterocycles. The van der Waals surface area contributed by atoms with Gasteiger partial charge in [0.25, 0.3) is 0 Å². The second-order valence-electron chi connectivity index (χ2n) is 5.25. The van der Waals surface area contributed by atoms with Crippen LogP contribution in [0.3, 0.4) is 0 Å². The first-order chi connectivity index (χ1) is 8.50. The number of rotatable bonds is 8. The fourth-order valence-corrected chi connectivity index (χ4v) is 2.45. The van der Waals surface area contributed by atoms with Crippen molar-refractivity contribution in [3.63, 3.8) is 0 Å². The average Bonchev–Trinajstić information content (AvgIpc) is 2.74. The van der Waals surface area contributed by atoms with Crippen molar-refractivity contribution in [1.29, 1.82) is 0 Å². The van der Waals surface area contributed by atoms with Gasteiger partial charge in [-0.2, -0.15) is 0 Å². The Morgan fingerprint density at radius 2 is 2.06 bits per heavy atom. The summed E-state index contributed by atoms with van der Waals surface area (Å²) in [5.74, 6) is 0. The lowest BCUT2D eigenvalue weighted by atomic mass is 10.2. The van der Waals surface area contributed by atoms with Crippen molar-refractivity contribution in [3.05, 3.63) is 16.1 Å². The summed E-state index contributed by atoms with van der Waals surface area (Å²) < 4.78 is 0. The Bertz CT molecular complexity index is 336. The minimum atomic E-state index is 0.373. The quantitative estimate of drug-likeness (QED) is 0.734. The first-order valence-electron chi connectivity index (χ1n) is 6.86. The molecule has 1 aromatic heterocycles. The minimum Gasteiger partial charge on any atom is -0.309 e. The maximum Gasteiger partial charge on any atom is 0.0898 e.